The van der Waals surface area contributed by atoms with Gasteiger partial charge < -0.3 is 14.7 Å². The maximum Gasteiger partial charge on any atom is 0.334 e. The van der Waals surface area contributed by atoms with E-state index in [1.807, 2.05) is 0 Å². The Labute approximate surface area is 135 Å². The minimum atomic E-state index is -1.09. The molecule has 23 heavy (non-hydrogen) atoms. The van der Waals surface area contributed by atoms with Gasteiger partial charge in [0.25, 0.3) is 5.91 Å². The molecule has 2 aromatic rings. The maximum absolute atomic E-state index is 12.9. The summed E-state index contributed by atoms with van der Waals surface area (Å²) < 4.78 is 18.0. The third kappa shape index (κ3) is 3.38. The molecule has 0 radical (unpaired) electrons. The van der Waals surface area contributed by atoms with Gasteiger partial charge in [-0.25, -0.2) is 14.2 Å². The van der Waals surface area contributed by atoms with E-state index in [9.17, 15) is 14.0 Å². The Balaban J connectivity index is 1.75. The summed E-state index contributed by atoms with van der Waals surface area (Å²) >= 11 is 1.28. The summed E-state index contributed by atoms with van der Waals surface area (Å²) in [6, 6.07) is 5.85. The van der Waals surface area contributed by atoms with E-state index < -0.39 is 12.1 Å². The first-order valence-corrected chi connectivity index (χ1v) is 7.77. The molecular weight excluding hydrogens is 323 g/mol. The quantitative estimate of drug-likeness (QED) is 0.926. The highest BCUT2D eigenvalue weighted by Crippen LogP contribution is 2.24. The molecule has 1 atom stereocenters. The predicted molar refractivity (Wildman–Crippen MR) is 80.8 cm³/mol. The average molecular weight is 336 g/mol. The fraction of sp³-hybridized carbons (Fsp3) is 0.267. The molecule has 8 heteroatoms. The van der Waals surface area contributed by atoms with Gasteiger partial charge in [-0.2, -0.15) is 0 Å². The first-order valence-electron chi connectivity index (χ1n) is 6.90. The molecule has 120 valence electrons. The number of amides is 1. The number of ether oxygens (including phenoxy) is 1. The van der Waals surface area contributed by atoms with Gasteiger partial charge in [0, 0.05) is 17.5 Å². The molecule has 1 aromatic heterocycles. The van der Waals surface area contributed by atoms with Crippen LogP contribution in [-0.4, -0.2) is 52.7 Å². The Morgan fingerprint density at radius 3 is 2.78 bits per heavy atom. The summed E-state index contributed by atoms with van der Waals surface area (Å²) in [5.74, 6) is -1.76. The molecule has 6 nitrogen and oxygen atoms in total. The predicted octanol–water partition coefficient (Wildman–Crippen LogP) is 1.87. The van der Waals surface area contributed by atoms with E-state index in [1.54, 1.807) is 17.5 Å². The van der Waals surface area contributed by atoms with E-state index in [2.05, 4.69) is 4.98 Å². The molecule has 1 saturated heterocycles. The van der Waals surface area contributed by atoms with Crippen LogP contribution in [-0.2, 0) is 9.53 Å². The van der Waals surface area contributed by atoms with E-state index in [0.29, 0.717) is 11.6 Å². The monoisotopic (exact) mass is 336 g/mol. The van der Waals surface area contributed by atoms with Gasteiger partial charge in [-0.1, -0.05) is 0 Å². The number of carbonyl (C=O) groups excluding carboxylic acids is 1. The number of hydrogen-bond donors (Lipinski definition) is 1. The van der Waals surface area contributed by atoms with Crippen LogP contribution in [0.4, 0.5) is 4.39 Å². The van der Waals surface area contributed by atoms with E-state index in [4.69, 9.17) is 9.84 Å². The van der Waals surface area contributed by atoms with Crippen LogP contribution < -0.4 is 0 Å². The molecule has 0 spiro atoms. The Morgan fingerprint density at radius 1 is 1.35 bits per heavy atom. The molecule has 0 bridgehead atoms. The van der Waals surface area contributed by atoms with Gasteiger partial charge >= 0.3 is 5.97 Å². The lowest BCUT2D eigenvalue weighted by atomic mass is 10.2. The largest absolute Gasteiger partial charge is 0.479 e. The van der Waals surface area contributed by atoms with Crippen LogP contribution in [0.5, 0.6) is 0 Å². The smallest absolute Gasteiger partial charge is 0.334 e. The van der Waals surface area contributed by atoms with Crippen molar-refractivity contribution in [2.24, 2.45) is 0 Å². The van der Waals surface area contributed by atoms with Crippen molar-refractivity contribution >= 4 is 23.2 Å². The normalized spacial score (nSPS) is 18.0. The molecule has 1 amide bonds. The molecule has 1 aliphatic rings. The lowest BCUT2D eigenvalue weighted by Crippen LogP contribution is -2.48. The molecule has 0 aliphatic carbocycles. The van der Waals surface area contributed by atoms with Gasteiger partial charge in [-0.3, -0.25) is 4.79 Å². The molecule has 0 unspecified atom stereocenters. The molecule has 1 N–H and O–H groups in total. The van der Waals surface area contributed by atoms with Crippen LogP contribution in [0, 0.1) is 5.82 Å². The van der Waals surface area contributed by atoms with Crippen molar-refractivity contribution in [2.75, 3.05) is 19.7 Å². The number of thiazole rings is 1. The lowest BCUT2D eigenvalue weighted by Gasteiger charge is -2.30. The van der Waals surface area contributed by atoms with Gasteiger partial charge in [-0.15, -0.1) is 11.3 Å². The summed E-state index contributed by atoms with van der Waals surface area (Å²) in [7, 11) is 0. The second-order valence-electron chi connectivity index (χ2n) is 4.99. The molecule has 1 aromatic carbocycles. The van der Waals surface area contributed by atoms with Crippen LogP contribution in [0.25, 0.3) is 10.6 Å². The molecule has 1 fully saturated rings. The highest BCUT2D eigenvalue weighted by atomic mass is 32.1. The number of aromatic nitrogens is 1. The van der Waals surface area contributed by atoms with Crippen molar-refractivity contribution in [1.29, 1.82) is 0 Å². The number of benzene rings is 1. The van der Waals surface area contributed by atoms with Crippen molar-refractivity contribution in [3.63, 3.8) is 0 Å². The second kappa shape index (κ2) is 6.43. The summed E-state index contributed by atoms with van der Waals surface area (Å²) in [4.78, 5) is 29.1. The zero-order valence-electron chi connectivity index (χ0n) is 11.9. The van der Waals surface area contributed by atoms with Crippen LogP contribution >= 0.6 is 11.3 Å². The fourth-order valence-corrected chi connectivity index (χ4v) is 3.04. The zero-order chi connectivity index (χ0) is 16.4. The average Bonchev–Trinajstić information content (AvgIpc) is 3.05. The van der Waals surface area contributed by atoms with E-state index >= 15 is 0 Å². The van der Waals surface area contributed by atoms with Crippen LogP contribution in [0.1, 0.15) is 10.5 Å². The number of rotatable bonds is 3. The lowest BCUT2D eigenvalue weighted by molar-refractivity contribution is -0.154. The van der Waals surface area contributed by atoms with Crippen molar-refractivity contribution in [3.8, 4) is 10.6 Å². The molecule has 0 saturated carbocycles. The van der Waals surface area contributed by atoms with Crippen molar-refractivity contribution < 1.29 is 23.8 Å². The Hall–Kier alpha value is -2.32. The topological polar surface area (TPSA) is 79.7 Å². The van der Waals surface area contributed by atoms with Crippen LogP contribution in [0.3, 0.4) is 0 Å². The van der Waals surface area contributed by atoms with Crippen LogP contribution in [0.2, 0.25) is 0 Å². The van der Waals surface area contributed by atoms with E-state index in [0.717, 1.165) is 5.56 Å². The number of aliphatic carboxylic acids is 1. The van der Waals surface area contributed by atoms with Gasteiger partial charge in [0.05, 0.1) is 13.2 Å². The highest BCUT2D eigenvalue weighted by Gasteiger charge is 2.30. The number of hydrogen-bond acceptors (Lipinski definition) is 5. The molecular formula is C15H13FN2O4S. The molecule has 3 rings (SSSR count). The first-order chi connectivity index (χ1) is 11.0. The molecule has 1 aliphatic heterocycles. The number of carboxylic acid groups (broad SMARTS) is 1. The van der Waals surface area contributed by atoms with Gasteiger partial charge in [-0.05, 0) is 24.3 Å². The Morgan fingerprint density at radius 2 is 2.09 bits per heavy atom. The van der Waals surface area contributed by atoms with Crippen molar-refractivity contribution in [2.45, 2.75) is 6.10 Å². The Bertz CT molecular complexity index is 731. The summed E-state index contributed by atoms with van der Waals surface area (Å²) in [6.45, 7) is 0.501. The number of carbonyl (C=O) groups is 2. The summed E-state index contributed by atoms with van der Waals surface area (Å²) in [6.07, 6.45) is -1.01. The first kappa shape index (κ1) is 15.6. The maximum atomic E-state index is 12.9. The highest BCUT2D eigenvalue weighted by molar-refractivity contribution is 7.13. The number of nitrogens with zero attached hydrogens (tertiary/aromatic N) is 2. The number of carboxylic acids is 1. The standard InChI is InChI=1S/C15H13FN2O4S/c16-10-3-1-9(2-4-10)13-17-11(8-23-13)14(19)18-5-6-22-12(7-18)15(20)21/h1-4,8,12H,5-7H2,(H,20,21)/t12-/m0/s1. The minimum absolute atomic E-state index is 0.00241. The minimum Gasteiger partial charge on any atom is -0.479 e. The van der Waals surface area contributed by atoms with Gasteiger partial charge in [0.15, 0.2) is 6.10 Å². The van der Waals surface area contributed by atoms with Crippen LogP contribution in [0.15, 0.2) is 29.6 Å². The van der Waals surface area contributed by atoms with Crippen molar-refractivity contribution in [1.82, 2.24) is 9.88 Å². The summed E-state index contributed by atoms with van der Waals surface area (Å²) in [5, 5.41) is 11.2. The number of morpholine rings is 1. The third-order valence-corrected chi connectivity index (χ3v) is 4.33. The third-order valence-electron chi connectivity index (χ3n) is 3.44. The zero-order valence-corrected chi connectivity index (χ0v) is 12.8. The van der Waals surface area contributed by atoms with Gasteiger partial charge in [0.2, 0.25) is 0 Å². The van der Waals surface area contributed by atoms with Gasteiger partial charge in [0.1, 0.15) is 16.5 Å². The van der Waals surface area contributed by atoms with E-state index in [-0.39, 0.29) is 30.6 Å². The fourth-order valence-electron chi connectivity index (χ4n) is 2.24. The second-order valence-corrected chi connectivity index (χ2v) is 5.85. The number of halogens is 1. The van der Waals surface area contributed by atoms with E-state index in [1.165, 1.54) is 28.4 Å². The Kier molecular flexibility index (Phi) is 4.35. The SMILES string of the molecule is O=C(O)[C@@H]1CN(C(=O)c2csc(-c3ccc(F)cc3)n2)CCO1. The summed E-state index contributed by atoms with van der Waals surface area (Å²) in [5.41, 5.74) is 0.973. The molecule has 2 heterocycles. The van der Waals surface area contributed by atoms with Crippen molar-refractivity contribution in [3.05, 3.63) is 41.2 Å².